The molecule has 0 N–H and O–H groups in total. The van der Waals surface area contributed by atoms with E-state index in [1.54, 1.807) is 0 Å². The van der Waals surface area contributed by atoms with Crippen molar-refractivity contribution in [2.75, 3.05) is 30.4 Å². The van der Waals surface area contributed by atoms with E-state index in [9.17, 15) is 0 Å². The molecule has 1 heterocycles. The summed E-state index contributed by atoms with van der Waals surface area (Å²) >= 11 is 5.80. The first-order valence-electron chi connectivity index (χ1n) is 6.01. The molecule has 0 bridgehead atoms. The zero-order chi connectivity index (χ0) is 11.3. The Bertz CT molecular complexity index is 168. The molecule has 1 atom stereocenters. The third-order valence-electron chi connectivity index (χ3n) is 3.90. The third-order valence-corrected chi connectivity index (χ3v) is 6.23. The van der Waals surface area contributed by atoms with Crippen LogP contribution in [0.15, 0.2) is 0 Å². The highest BCUT2D eigenvalue weighted by atomic mass is 79.9. The molecule has 1 aliphatic rings. The van der Waals surface area contributed by atoms with Crippen molar-refractivity contribution >= 4 is 27.7 Å². The highest BCUT2D eigenvalue weighted by molar-refractivity contribution is 9.09. The Morgan fingerprint density at radius 3 is 2.47 bits per heavy atom. The molecule has 15 heavy (non-hydrogen) atoms. The summed E-state index contributed by atoms with van der Waals surface area (Å²) in [5.74, 6) is 2.69. The highest BCUT2D eigenvalue weighted by Crippen LogP contribution is 2.32. The summed E-state index contributed by atoms with van der Waals surface area (Å²) in [5.41, 5.74) is 0.488. The minimum Gasteiger partial charge on any atom is -0.302 e. The van der Waals surface area contributed by atoms with Gasteiger partial charge in [0.25, 0.3) is 0 Å². The Kier molecular flexibility index (Phi) is 6.01. The van der Waals surface area contributed by atoms with Gasteiger partial charge in [-0.3, -0.25) is 0 Å². The first kappa shape index (κ1) is 13.9. The molecule has 1 unspecified atom stereocenters. The van der Waals surface area contributed by atoms with Crippen LogP contribution in [-0.2, 0) is 0 Å². The van der Waals surface area contributed by atoms with Gasteiger partial charge in [-0.1, -0.05) is 29.8 Å². The molecule has 0 amide bonds. The Hall–Kier alpha value is 0.790. The second-order valence-corrected chi connectivity index (χ2v) is 6.48. The lowest BCUT2D eigenvalue weighted by Crippen LogP contribution is -2.41. The van der Waals surface area contributed by atoms with Crippen LogP contribution in [0.2, 0.25) is 0 Å². The topological polar surface area (TPSA) is 3.24 Å². The summed E-state index contributed by atoms with van der Waals surface area (Å²) < 4.78 is 0. The lowest BCUT2D eigenvalue weighted by Gasteiger charge is -2.36. The van der Waals surface area contributed by atoms with E-state index in [0.717, 1.165) is 11.4 Å². The monoisotopic (exact) mass is 293 g/mol. The molecule has 1 aliphatic heterocycles. The standard InChI is InChI=1S/C12H24BrNS/c1-4-12(5-2,9-13)10-14(3)11-6-7-15-8-11/h11H,4-10H2,1-3H3. The van der Waals surface area contributed by atoms with E-state index in [2.05, 4.69) is 53.5 Å². The van der Waals surface area contributed by atoms with Crippen LogP contribution in [0, 0.1) is 5.41 Å². The second-order valence-electron chi connectivity index (χ2n) is 4.77. The first-order valence-corrected chi connectivity index (χ1v) is 8.29. The Balaban J connectivity index is 2.49. The zero-order valence-electron chi connectivity index (χ0n) is 10.3. The predicted molar refractivity (Wildman–Crippen MR) is 75.2 cm³/mol. The van der Waals surface area contributed by atoms with Gasteiger partial charge in [0.05, 0.1) is 0 Å². The van der Waals surface area contributed by atoms with Crippen molar-refractivity contribution in [3.8, 4) is 0 Å². The molecule has 1 nitrogen and oxygen atoms in total. The summed E-state index contributed by atoms with van der Waals surface area (Å²) in [5, 5.41) is 1.14. The van der Waals surface area contributed by atoms with Crippen LogP contribution in [0.1, 0.15) is 33.1 Å². The first-order chi connectivity index (χ1) is 7.17. The SMILES string of the molecule is CCC(CC)(CBr)CN(C)C1CCSC1. The van der Waals surface area contributed by atoms with Crippen molar-refractivity contribution in [2.24, 2.45) is 5.41 Å². The number of hydrogen-bond acceptors (Lipinski definition) is 2. The number of alkyl halides is 1. The van der Waals surface area contributed by atoms with Crippen molar-refractivity contribution in [3.63, 3.8) is 0 Å². The number of rotatable bonds is 6. The van der Waals surface area contributed by atoms with Crippen molar-refractivity contribution in [2.45, 2.75) is 39.2 Å². The van der Waals surface area contributed by atoms with E-state index in [4.69, 9.17) is 0 Å². The molecule has 1 rings (SSSR count). The fourth-order valence-corrected chi connectivity index (χ4v) is 4.50. The summed E-state index contributed by atoms with van der Waals surface area (Å²) in [4.78, 5) is 2.59. The van der Waals surface area contributed by atoms with Gasteiger partial charge in [-0.2, -0.15) is 11.8 Å². The number of thioether (sulfide) groups is 1. The van der Waals surface area contributed by atoms with Gasteiger partial charge in [-0.15, -0.1) is 0 Å². The number of nitrogens with zero attached hydrogens (tertiary/aromatic N) is 1. The quantitative estimate of drug-likeness (QED) is 0.688. The number of hydrogen-bond donors (Lipinski definition) is 0. The average Bonchev–Trinajstić information content (AvgIpc) is 2.79. The highest BCUT2D eigenvalue weighted by Gasteiger charge is 2.30. The van der Waals surface area contributed by atoms with Gasteiger partial charge in [0.1, 0.15) is 0 Å². The second kappa shape index (κ2) is 6.51. The Labute approximate surface area is 107 Å². The van der Waals surface area contributed by atoms with E-state index in [0.29, 0.717) is 5.41 Å². The minimum absolute atomic E-state index is 0.488. The number of halogens is 1. The van der Waals surface area contributed by atoms with Gasteiger partial charge in [0, 0.05) is 23.7 Å². The van der Waals surface area contributed by atoms with Crippen molar-refractivity contribution in [3.05, 3.63) is 0 Å². The molecular weight excluding hydrogens is 270 g/mol. The average molecular weight is 294 g/mol. The van der Waals surface area contributed by atoms with E-state index < -0.39 is 0 Å². The van der Waals surface area contributed by atoms with Gasteiger partial charge < -0.3 is 4.90 Å². The molecule has 1 fully saturated rings. The maximum atomic E-state index is 3.70. The van der Waals surface area contributed by atoms with Gasteiger partial charge in [0.2, 0.25) is 0 Å². The summed E-state index contributed by atoms with van der Waals surface area (Å²) in [6.45, 7) is 5.89. The van der Waals surface area contributed by atoms with Crippen molar-refractivity contribution in [1.82, 2.24) is 4.90 Å². The molecule has 0 aliphatic carbocycles. The summed E-state index contributed by atoms with van der Waals surface area (Å²) in [6, 6.07) is 0.825. The third kappa shape index (κ3) is 3.64. The van der Waals surface area contributed by atoms with Crippen LogP contribution in [0.4, 0.5) is 0 Å². The molecular formula is C12H24BrNS. The molecule has 3 heteroatoms. The van der Waals surface area contributed by atoms with Gasteiger partial charge in [0.15, 0.2) is 0 Å². The molecule has 0 aromatic rings. The normalized spacial score (nSPS) is 22.6. The molecule has 90 valence electrons. The lowest BCUT2D eigenvalue weighted by atomic mass is 9.84. The van der Waals surface area contributed by atoms with E-state index in [1.807, 2.05) is 0 Å². The zero-order valence-corrected chi connectivity index (χ0v) is 12.7. The largest absolute Gasteiger partial charge is 0.302 e. The smallest absolute Gasteiger partial charge is 0.0191 e. The predicted octanol–water partition coefficient (Wildman–Crippen LogP) is 3.63. The fourth-order valence-electron chi connectivity index (χ4n) is 2.23. The van der Waals surface area contributed by atoms with Crippen LogP contribution >= 0.6 is 27.7 Å². The van der Waals surface area contributed by atoms with Crippen molar-refractivity contribution in [1.29, 1.82) is 0 Å². The van der Waals surface area contributed by atoms with Crippen LogP contribution < -0.4 is 0 Å². The summed E-state index contributed by atoms with van der Waals surface area (Å²) in [6.07, 6.45) is 3.94. The van der Waals surface area contributed by atoms with E-state index in [1.165, 1.54) is 37.3 Å². The van der Waals surface area contributed by atoms with Crippen LogP contribution in [0.3, 0.4) is 0 Å². The fraction of sp³-hybridized carbons (Fsp3) is 1.00. The molecule has 0 spiro atoms. The maximum Gasteiger partial charge on any atom is 0.0191 e. The molecule has 0 radical (unpaired) electrons. The van der Waals surface area contributed by atoms with Gasteiger partial charge >= 0.3 is 0 Å². The molecule has 0 aromatic carbocycles. The van der Waals surface area contributed by atoms with Crippen molar-refractivity contribution < 1.29 is 0 Å². The minimum atomic E-state index is 0.488. The maximum absolute atomic E-state index is 3.70. The Morgan fingerprint density at radius 1 is 1.40 bits per heavy atom. The van der Waals surface area contributed by atoms with Crippen LogP contribution in [-0.4, -0.2) is 41.4 Å². The molecule has 0 saturated carbocycles. The van der Waals surface area contributed by atoms with E-state index >= 15 is 0 Å². The molecule has 0 aromatic heterocycles. The summed E-state index contributed by atoms with van der Waals surface area (Å²) in [7, 11) is 2.30. The van der Waals surface area contributed by atoms with Crippen LogP contribution in [0.25, 0.3) is 0 Å². The molecule has 1 saturated heterocycles. The lowest BCUT2D eigenvalue weighted by molar-refractivity contribution is 0.153. The van der Waals surface area contributed by atoms with Crippen LogP contribution in [0.5, 0.6) is 0 Å². The van der Waals surface area contributed by atoms with Gasteiger partial charge in [-0.05, 0) is 37.5 Å². The van der Waals surface area contributed by atoms with E-state index in [-0.39, 0.29) is 0 Å². The Morgan fingerprint density at radius 2 is 2.07 bits per heavy atom. The van der Waals surface area contributed by atoms with Gasteiger partial charge in [-0.25, -0.2) is 0 Å².